The van der Waals surface area contributed by atoms with E-state index >= 15 is 0 Å². The fourth-order valence-electron chi connectivity index (χ4n) is 2.79. The Morgan fingerprint density at radius 1 is 1.16 bits per heavy atom. The van der Waals surface area contributed by atoms with Crippen molar-refractivity contribution in [2.24, 2.45) is 4.99 Å². The number of aliphatic imine (C=N–C) groups is 1. The SMILES string of the molecule is CCN(CC)C1=NC(=O)[C@@H](CC(=O)Nc2ccc3ccccc3c2)S1. The van der Waals surface area contributed by atoms with E-state index in [2.05, 4.69) is 10.3 Å². The molecule has 1 N–H and O–H groups in total. The highest BCUT2D eigenvalue weighted by Gasteiger charge is 2.32. The molecule has 0 radical (unpaired) electrons. The molecule has 0 saturated heterocycles. The molecule has 2 aromatic carbocycles. The molecule has 1 aliphatic rings. The summed E-state index contributed by atoms with van der Waals surface area (Å²) in [7, 11) is 0. The number of nitrogens with zero attached hydrogens (tertiary/aromatic N) is 2. The Balaban J connectivity index is 1.62. The van der Waals surface area contributed by atoms with Gasteiger partial charge in [-0.05, 0) is 36.8 Å². The monoisotopic (exact) mass is 355 g/mol. The Hall–Kier alpha value is -2.34. The predicted octanol–water partition coefficient (Wildman–Crippen LogP) is 3.51. The van der Waals surface area contributed by atoms with Crippen molar-refractivity contribution in [1.82, 2.24) is 4.90 Å². The van der Waals surface area contributed by atoms with E-state index in [1.807, 2.05) is 61.2 Å². The van der Waals surface area contributed by atoms with Crippen LogP contribution in [-0.2, 0) is 9.59 Å². The molecule has 130 valence electrons. The van der Waals surface area contributed by atoms with E-state index in [4.69, 9.17) is 0 Å². The number of carbonyl (C=O) groups is 2. The van der Waals surface area contributed by atoms with Crippen LogP contribution in [-0.4, -0.2) is 40.2 Å². The van der Waals surface area contributed by atoms with Gasteiger partial charge in [-0.2, -0.15) is 4.99 Å². The zero-order valence-corrected chi connectivity index (χ0v) is 15.2. The van der Waals surface area contributed by atoms with Gasteiger partial charge in [0.15, 0.2) is 5.17 Å². The van der Waals surface area contributed by atoms with E-state index < -0.39 is 5.25 Å². The molecule has 1 aliphatic heterocycles. The van der Waals surface area contributed by atoms with Crippen LogP contribution in [0, 0.1) is 0 Å². The summed E-state index contributed by atoms with van der Waals surface area (Å²) in [6.45, 7) is 5.64. The van der Waals surface area contributed by atoms with Gasteiger partial charge >= 0.3 is 0 Å². The van der Waals surface area contributed by atoms with Crippen LogP contribution in [0.15, 0.2) is 47.5 Å². The van der Waals surface area contributed by atoms with Gasteiger partial charge in [0.05, 0.1) is 0 Å². The Morgan fingerprint density at radius 3 is 2.60 bits per heavy atom. The number of thioether (sulfide) groups is 1. The third kappa shape index (κ3) is 4.02. The summed E-state index contributed by atoms with van der Waals surface area (Å²) >= 11 is 1.38. The number of rotatable bonds is 5. The van der Waals surface area contributed by atoms with Crippen molar-refractivity contribution in [2.75, 3.05) is 18.4 Å². The molecule has 0 bridgehead atoms. The molecule has 0 unspecified atom stereocenters. The third-order valence-corrected chi connectivity index (χ3v) is 5.38. The third-order valence-electron chi connectivity index (χ3n) is 4.17. The number of benzene rings is 2. The van der Waals surface area contributed by atoms with E-state index in [1.165, 1.54) is 11.8 Å². The van der Waals surface area contributed by atoms with Crippen LogP contribution < -0.4 is 5.32 Å². The van der Waals surface area contributed by atoms with Crippen LogP contribution in [0.25, 0.3) is 10.8 Å². The number of carbonyl (C=O) groups excluding carboxylic acids is 2. The molecule has 1 atom stereocenters. The Morgan fingerprint density at radius 2 is 1.88 bits per heavy atom. The summed E-state index contributed by atoms with van der Waals surface area (Å²) in [5.41, 5.74) is 0.740. The maximum absolute atomic E-state index is 12.3. The van der Waals surface area contributed by atoms with Gasteiger partial charge in [0.2, 0.25) is 5.91 Å². The van der Waals surface area contributed by atoms with Crippen molar-refractivity contribution in [3.05, 3.63) is 42.5 Å². The molecule has 0 aromatic heterocycles. The van der Waals surface area contributed by atoms with Gasteiger partial charge < -0.3 is 10.2 Å². The van der Waals surface area contributed by atoms with Crippen molar-refractivity contribution in [3.63, 3.8) is 0 Å². The highest BCUT2D eigenvalue weighted by molar-refractivity contribution is 8.15. The van der Waals surface area contributed by atoms with E-state index in [0.29, 0.717) is 0 Å². The van der Waals surface area contributed by atoms with Crippen molar-refractivity contribution in [3.8, 4) is 0 Å². The first-order valence-corrected chi connectivity index (χ1v) is 9.31. The second-order valence-corrected chi connectivity index (χ2v) is 7.00. The van der Waals surface area contributed by atoms with Crippen LogP contribution in [0.3, 0.4) is 0 Å². The van der Waals surface area contributed by atoms with Crippen molar-refractivity contribution in [2.45, 2.75) is 25.5 Å². The fraction of sp³-hybridized carbons (Fsp3) is 0.316. The average Bonchev–Trinajstić information content (AvgIpc) is 2.96. The first-order chi connectivity index (χ1) is 12.1. The largest absolute Gasteiger partial charge is 0.352 e. The van der Waals surface area contributed by atoms with Crippen LogP contribution in [0.2, 0.25) is 0 Å². The maximum Gasteiger partial charge on any atom is 0.262 e. The fourth-order valence-corrected chi connectivity index (χ4v) is 3.98. The predicted molar refractivity (Wildman–Crippen MR) is 104 cm³/mol. The molecule has 6 heteroatoms. The van der Waals surface area contributed by atoms with E-state index in [-0.39, 0.29) is 18.2 Å². The molecule has 2 aromatic rings. The maximum atomic E-state index is 12.3. The topological polar surface area (TPSA) is 61.8 Å². The second-order valence-electron chi connectivity index (χ2n) is 5.83. The number of anilines is 1. The van der Waals surface area contributed by atoms with Gasteiger partial charge in [0.25, 0.3) is 5.91 Å². The van der Waals surface area contributed by atoms with Gasteiger partial charge in [-0.3, -0.25) is 9.59 Å². The van der Waals surface area contributed by atoms with E-state index in [9.17, 15) is 9.59 Å². The minimum Gasteiger partial charge on any atom is -0.352 e. The lowest BCUT2D eigenvalue weighted by Gasteiger charge is -2.19. The van der Waals surface area contributed by atoms with Crippen molar-refractivity contribution >= 4 is 45.2 Å². The van der Waals surface area contributed by atoms with Crippen LogP contribution >= 0.6 is 11.8 Å². The van der Waals surface area contributed by atoms with Gasteiger partial charge in [-0.25, -0.2) is 0 Å². The van der Waals surface area contributed by atoms with E-state index in [0.717, 1.165) is 34.7 Å². The number of amidine groups is 1. The quantitative estimate of drug-likeness (QED) is 0.891. The standard InChI is InChI=1S/C19H21N3O2S/c1-3-22(4-2)19-21-18(24)16(25-19)12-17(23)20-15-10-9-13-7-5-6-8-14(13)11-15/h5-11,16H,3-4,12H2,1-2H3,(H,20,23)/t16-/m1/s1. The summed E-state index contributed by atoms with van der Waals surface area (Å²) < 4.78 is 0. The first-order valence-electron chi connectivity index (χ1n) is 8.43. The number of hydrogen-bond donors (Lipinski definition) is 1. The number of hydrogen-bond acceptors (Lipinski definition) is 4. The molecular weight excluding hydrogens is 334 g/mol. The van der Waals surface area contributed by atoms with Crippen LogP contribution in [0.1, 0.15) is 20.3 Å². The zero-order chi connectivity index (χ0) is 17.8. The molecule has 2 amide bonds. The lowest BCUT2D eigenvalue weighted by Crippen LogP contribution is -2.27. The second kappa shape index (κ2) is 7.70. The smallest absolute Gasteiger partial charge is 0.262 e. The highest BCUT2D eigenvalue weighted by Crippen LogP contribution is 2.27. The molecule has 0 fully saturated rings. The summed E-state index contributed by atoms with van der Waals surface area (Å²) in [6, 6.07) is 13.8. The lowest BCUT2D eigenvalue weighted by molar-refractivity contribution is -0.121. The van der Waals surface area contributed by atoms with Crippen molar-refractivity contribution < 1.29 is 9.59 Å². The minimum absolute atomic E-state index is 0.130. The summed E-state index contributed by atoms with van der Waals surface area (Å²) in [4.78, 5) is 30.5. The zero-order valence-electron chi connectivity index (χ0n) is 14.4. The van der Waals surface area contributed by atoms with Crippen molar-refractivity contribution in [1.29, 1.82) is 0 Å². The number of nitrogens with one attached hydrogen (secondary N) is 1. The normalized spacial score (nSPS) is 16.8. The summed E-state index contributed by atoms with van der Waals surface area (Å²) in [6.07, 6.45) is 0.130. The van der Waals surface area contributed by atoms with Crippen LogP contribution in [0.4, 0.5) is 5.69 Å². The molecular formula is C19H21N3O2S. The van der Waals surface area contributed by atoms with E-state index in [1.54, 1.807) is 0 Å². The molecule has 3 rings (SSSR count). The lowest BCUT2D eigenvalue weighted by atomic mass is 10.1. The molecule has 25 heavy (non-hydrogen) atoms. The molecule has 0 spiro atoms. The molecule has 1 heterocycles. The summed E-state index contributed by atoms with van der Waals surface area (Å²) in [5.74, 6) is -0.391. The Labute approximate surface area is 151 Å². The number of fused-ring (bicyclic) bond motifs is 1. The highest BCUT2D eigenvalue weighted by atomic mass is 32.2. The Bertz CT molecular complexity index is 830. The summed E-state index contributed by atoms with van der Waals surface area (Å²) in [5, 5.41) is 5.36. The minimum atomic E-state index is -0.434. The van der Waals surface area contributed by atoms with Gasteiger partial charge in [0.1, 0.15) is 5.25 Å². The Kier molecular flexibility index (Phi) is 5.38. The van der Waals surface area contributed by atoms with Crippen LogP contribution in [0.5, 0.6) is 0 Å². The molecule has 0 aliphatic carbocycles. The average molecular weight is 355 g/mol. The molecule has 0 saturated carbocycles. The van der Waals surface area contributed by atoms with Gasteiger partial charge in [-0.1, -0.05) is 42.1 Å². The first kappa shape index (κ1) is 17.5. The van der Waals surface area contributed by atoms with Gasteiger partial charge in [-0.15, -0.1) is 0 Å². The molecule has 5 nitrogen and oxygen atoms in total. The van der Waals surface area contributed by atoms with Gasteiger partial charge in [0, 0.05) is 25.2 Å². The number of amides is 2.